The van der Waals surface area contributed by atoms with Crippen LogP contribution in [0.4, 0.5) is 4.39 Å². The average Bonchev–Trinajstić information content (AvgIpc) is 3.75. The zero-order valence-electron chi connectivity index (χ0n) is 24.0. The first-order valence-corrected chi connectivity index (χ1v) is 15.3. The van der Waals surface area contributed by atoms with E-state index >= 15 is 4.39 Å². The lowest BCUT2D eigenvalue weighted by Gasteiger charge is -2.37. The van der Waals surface area contributed by atoms with E-state index in [0.29, 0.717) is 34.2 Å². The van der Waals surface area contributed by atoms with Crippen LogP contribution in [0.25, 0.3) is 0 Å². The molecule has 1 amide bonds. The Labute approximate surface area is 251 Å². The molecular formula is C31H39Cl2FN2O5. The summed E-state index contributed by atoms with van der Waals surface area (Å²) in [5.74, 6) is -0.213. The third-order valence-corrected chi connectivity index (χ3v) is 9.99. The number of benzene rings is 1. The van der Waals surface area contributed by atoms with Gasteiger partial charge in [0.05, 0.1) is 25.4 Å². The number of carbonyl (C=O) groups excluding carboxylic acids is 2. The average molecular weight is 610 g/mol. The van der Waals surface area contributed by atoms with Crippen LogP contribution >= 0.6 is 23.2 Å². The number of esters is 1. The quantitative estimate of drug-likeness (QED) is 0.307. The zero-order valence-corrected chi connectivity index (χ0v) is 25.5. The number of rotatable bonds is 9. The van der Waals surface area contributed by atoms with Gasteiger partial charge in [0.1, 0.15) is 18.3 Å². The summed E-state index contributed by atoms with van der Waals surface area (Å²) >= 11 is 12.7. The summed E-state index contributed by atoms with van der Waals surface area (Å²) in [5, 5.41) is 1.40. The predicted octanol–water partition coefficient (Wildman–Crippen LogP) is 6.29. The molecule has 10 heteroatoms. The molecular weight excluding hydrogens is 570 g/mol. The van der Waals surface area contributed by atoms with Crippen LogP contribution in [0.5, 0.6) is 0 Å². The lowest BCUT2D eigenvalue weighted by molar-refractivity contribution is -0.150. The summed E-state index contributed by atoms with van der Waals surface area (Å²) in [7, 11) is 1.27. The molecule has 2 aliphatic carbocycles. The van der Waals surface area contributed by atoms with E-state index in [1.165, 1.54) is 18.1 Å². The Bertz CT molecular complexity index is 1210. The molecule has 2 aliphatic heterocycles. The van der Waals surface area contributed by atoms with Crippen molar-refractivity contribution in [1.29, 1.82) is 0 Å². The summed E-state index contributed by atoms with van der Waals surface area (Å²) in [6.07, 6.45) is 6.13. The summed E-state index contributed by atoms with van der Waals surface area (Å²) in [6.45, 7) is 6.87. The van der Waals surface area contributed by atoms with Crippen LogP contribution in [0.3, 0.4) is 0 Å². The summed E-state index contributed by atoms with van der Waals surface area (Å²) < 4.78 is 32.2. The molecule has 2 heterocycles. The lowest BCUT2D eigenvalue weighted by Crippen LogP contribution is -2.46. The SMILES string of the molecule is COC(=O)[C@@H]1[C@@H](C)OCN1C(=O)C1=C(F)C=C(OCCC2CCN(Cc3c(Cl)cccc3Cl)CC2)C(C)(C2CC2)C1. The number of nitrogens with zero attached hydrogens (tertiary/aromatic N) is 2. The number of hydrogen-bond acceptors (Lipinski definition) is 6. The number of allylic oxidation sites excluding steroid dienone is 3. The molecule has 41 heavy (non-hydrogen) atoms. The van der Waals surface area contributed by atoms with E-state index in [-0.39, 0.29) is 18.7 Å². The largest absolute Gasteiger partial charge is 0.497 e. The maximum atomic E-state index is 15.5. The molecule has 7 nitrogen and oxygen atoms in total. The van der Waals surface area contributed by atoms with Gasteiger partial charge in [-0.15, -0.1) is 0 Å². The number of carbonyl (C=O) groups is 2. The van der Waals surface area contributed by atoms with E-state index in [4.69, 9.17) is 37.4 Å². The van der Waals surface area contributed by atoms with Gasteiger partial charge in [-0.2, -0.15) is 0 Å². The molecule has 0 radical (unpaired) electrons. The van der Waals surface area contributed by atoms with Gasteiger partial charge < -0.3 is 14.2 Å². The Hall–Kier alpha value is -2.13. The molecule has 0 N–H and O–H groups in total. The number of halogens is 3. The molecule has 0 aromatic heterocycles. The van der Waals surface area contributed by atoms with Crippen LogP contribution in [0, 0.1) is 17.3 Å². The fourth-order valence-corrected chi connectivity index (χ4v) is 6.97. The van der Waals surface area contributed by atoms with Crippen LogP contribution in [-0.4, -0.2) is 67.4 Å². The third kappa shape index (κ3) is 6.46. The highest BCUT2D eigenvalue weighted by molar-refractivity contribution is 6.35. The number of likely N-dealkylation sites (tertiary alicyclic amines) is 1. The van der Waals surface area contributed by atoms with Crippen LogP contribution in [0.2, 0.25) is 10.0 Å². The second-order valence-corrected chi connectivity index (χ2v) is 12.8. The summed E-state index contributed by atoms with van der Waals surface area (Å²) in [4.78, 5) is 29.5. The maximum Gasteiger partial charge on any atom is 0.331 e. The van der Waals surface area contributed by atoms with E-state index in [2.05, 4.69) is 11.8 Å². The van der Waals surface area contributed by atoms with Gasteiger partial charge in [-0.1, -0.05) is 36.2 Å². The van der Waals surface area contributed by atoms with Crippen molar-refractivity contribution in [2.24, 2.45) is 17.3 Å². The number of piperidine rings is 1. The fraction of sp³-hybridized carbons (Fsp3) is 0.613. The van der Waals surface area contributed by atoms with Crippen molar-refractivity contribution < 1.29 is 28.2 Å². The van der Waals surface area contributed by atoms with Gasteiger partial charge in [0.15, 0.2) is 6.04 Å². The number of amides is 1. The van der Waals surface area contributed by atoms with Crippen LogP contribution in [0.1, 0.15) is 57.9 Å². The summed E-state index contributed by atoms with van der Waals surface area (Å²) in [5.41, 5.74) is 0.580. The molecule has 4 aliphatic rings. The van der Waals surface area contributed by atoms with Crippen molar-refractivity contribution in [2.75, 3.05) is 33.5 Å². The topological polar surface area (TPSA) is 68.3 Å². The molecule has 224 valence electrons. The standard InChI is InChI=1S/C31H39Cl2FN2O5/c1-19-28(30(38)39-3)36(18-41-19)29(37)22-16-31(2,21-7-8-21)27(15-26(22)34)40-14-11-20-9-12-35(13-10-20)17-23-24(32)5-4-6-25(23)33/h4-6,15,19-21,28H,7-14,16-18H2,1-3H3/t19-,28+,31?/m1/s1. The fourth-order valence-electron chi connectivity index (χ4n) is 6.45. The first-order valence-electron chi connectivity index (χ1n) is 14.5. The van der Waals surface area contributed by atoms with Gasteiger partial charge in [-0.05, 0) is 82.5 Å². The Kier molecular flexibility index (Phi) is 9.34. The molecule has 1 saturated carbocycles. The molecule has 3 atom stereocenters. The van der Waals surface area contributed by atoms with Crippen molar-refractivity contribution in [1.82, 2.24) is 9.80 Å². The molecule has 0 spiro atoms. The second-order valence-electron chi connectivity index (χ2n) is 12.0. The molecule has 3 fully saturated rings. The van der Waals surface area contributed by atoms with Crippen molar-refractivity contribution in [2.45, 2.75) is 71.1 Å². The van der Waals surface area contributed by atoms with E-state index < -0.39 is 35.3 Å². The van der Waals surface area contributed by atoms with Crippen LogP contribution in [-0.2, 0) is 30.3 Å². The molecule has 5 rings (SSSR count). The number of methoxy groups -OCH3 is 1. The van der Waals surface area contributed by atoms with Gasteiger partial charge in [0.25, 0.3) is 5.91 Å². The smallest absolute Gasteiger partial charge is 0.331 e. The zero-order chi connectivity index (χ0) is 29.3. The Morgan fingerprint density at radius 1 is 1.15 bits per heavy atom. The molecule has 1 aromatic rings. The van der Waals surface area contributed by atoms with Crippen molar-refractivity contribution in [3.05, 3.63) is 57.0 Å². The molecule has 0 bridgehead atoms. The monoisotopic (exact) mass is 608 g/mol. The van der Waals surface area contributed by atoms with E-state index in [0.717, 1.165) is 57.3 Å². The van der Waals surface area contributed by atoms with E-state index in [9.17, 15) is 9.59 Å². The number of hydrogen-bond donors (Lipinski definition) is 0. The first kappa shape index (κ1) is 30.3. The Morgan fingerprint density at radius 2 is 1.83 bits per heavy atom. The second kappa shape index (κ2) is 12.6. The van der Waals surface area contributed by atoms with Gasteiger partial charge in [0, 0.05) is 33.6 Å². The molecule has 1 unspecified atom stereocenters. The highest BCUT2D eigenvalue weighted by atomic mass is 35.5. The highest BCUT2D eigenvalue weighted by Crippen LogP contribution is 2.56. The Balaban J connectivity index is 1.19. The third-order valence-electron chi connectivity index (χ3n) is 9.28. The minimum atomic E-state index is -0.894. The predicted molar refractivity (Wildman–Crippen MR) is 155 cm³/mol. The van der Waals surface area contributed by atoms with Crippen LogP contribution in [0.15, 0.2) is 41.4 Å². The lowest BCUT2D eigenvalue weighted by atomic mass is 9.73. The normalized spacial score (nSPS) is 27.7. The van der Waals surface area contributed by atoms with Crippen molar-refractivity contribution in [3.8, 4) is 0 Å². The summed E-state index contributed by atoms with van der Waals surface area (Å²) in [6, 6.07) is 4.72. The van der Waals surface area contributed by atoms with Gasteiger partial charge in [0.2, 0.25) is 0 Å². The maximum absolute atomic E-state index is 15.5. The minimum Gasteiger partial charge on any atom is -0.497 e. The molecule has 2 saturated heterocycles. The first-order chi connectivity index (χ1) is 19.6. The van der Waals surface area contributed by atoms with Crippen LogP contribution < -0.4 is 0 Å². The van der Waals surface area contributed by atoms with Crippen molar-refractivity contribution in [3.63, 3.8) is 0 Å². The number of ether oxygens (including phenoxy) is 3. The minimum absolute atomic E-state index is 0.0735. The highest BCUT2D eigenvalue weighted by Gasteiger charge is 2.51. The van der Waals surface area contributed by atoms with E-state index in [1.807, 2.05) is 18.2 Å². The van der Waals surface area contributed by atoms with Gasteiger partial charge in [-0.25, -0.2) is 9.18 Å². The van der Waals surface area contributed by atoms with Gasteiger partial charge in [-0.3, -0.25) is 14.6 Å². The molecule has 1 aromatic carbocycles. The van der Waals surface area contributed by atoms with Gasteiger partial charge >= 0.3 is 5.97 Å². The Morgan fingerprint density at radius 3 is 2.46 bits per heavy atom. The van der Waals surface area contributed by atoms with Crippen molar-refractivity contribution >= 4 is 35.1 Å². The van der Waals surface area contributed by atoms with E-state index in [1.54, 1.807) is 6.92 Å².